The molecule has 1 aromatic carbocycles. The van der Waals surface area contributed by atoms with Gasteiger partial charge in [-0.3, -0.25) is 0 Å². The number of carbonyl (C=O) groups excluding carboxylic acids is 1. The van der Waals surface area contributed by atoms with Crippen LogP contribution in [0.15, 0.2) is 24.2 Å². The molecule has 29 heavy (non-hydrogen) atoms. The van der Waals surface area contributed by atoms with Gasteiger partial charge in [-0.2, -0.15) is 0 Å². The van der Waals surface area contributed by atoms with Crippen LogP contribution in [-0.2, 0) is 20.6 Å². The summed E-state index contributed by atoms with van der Waals surface area (Å²) in [6, 6.07) is 5.96. The fourth-order valence-corrected chi connectivity index (χ4v) is 3.16. The minimum Gasteiger partial charge on any atom is -0.491 e. The Morgan fingerprint density at radius 1 is 1.17 bits per heavy atom. The summed E-state index contributed by atoms with van der Waals surface area (Å²) >= 11 is 0. The van der Waals surface area contributed by atoms with Crippen molar-refractivity contribution < 1.29 is 23.6 Å². The van der Waals surface area contributed by atoms with Gasteiger partial charge in [0.25, 0.3) is 0 Å². The summed E-state index contributed by atoms with van der Waals surface area (Å²) in [5.74, 6) is 2.71. The lowest BCUT2D eigenvalue weighted by atomic mass is 9.89. The van der Waals surface area contributed by atoms with E-state index in [0.29, 0.717) is 19.7 Å². The lowest BCUT2D eigenvalue weighted by molar-refractivity contribution is 0.00578. The highest BCUT2D eigenvalue weighted by Gasteiger charge is 2.50. The maximum absolute atomic E-state index is 12.5. The summed E-state index contributed by atoms with van der Waals surface area (Å²) in [7, 11) is -0.395. The molecule has 6 nitrogen and oxygen atoms in total. The van der Waals surface area contributed by atoms with Crippen LogP contribution in [0.4, 0.5) is 4.79 Å². The molecule has 1 amide bonds. The van der Waals surface area contributed by atoms with E-state index >= 15 is 0 Å². The van der Waals surface area contributed by atoms with Gasteiger partial charge in [-0.05, 0) is 66.2 Å². The monoisotopic (exact) mass is 401 g/mol. The summed E-state index contributed by atoms with van der Waals surface area (Å²) in [6.45, 7) is 15.1. The van der Waals surface area contributed by atoms with Gasteiger partial charge in [-0.1, -0.05) is 18.1 Å². The molecule has 1 fully saturated rings. The van der Waals surface area contributed by atoms with E-state index in [-0.39, 0.29) is 17.3 Å². The molecule has 0 bridgehead atoms. The first-order valence-corrected chi connectivity index (χ1v) is 10.1. The number of fused-ring (bicyclic) bond motifs is 1. The molecule has 0 saturated carbocycles. The van der Waals surface area contributed by atoms with Crippen LogP contribution in [0, 0.1) is 0 Å². The van der Waals surface area contributed by atoms with Crippen molar-refractivity contribution in [2.45, 2.75) is 71.8 Å². The van der Waals surface area contributed by atoms with Crippen LogP contribution in [0.5, 0.6) is 5.75 Å². The topological polar surface area (TPSA) is 57.2 Å². The van der Waals surface area contributed by atoms with Crippen molar-refractivity contribution in [3.8, 4) is 5.75 Å². The van der Waals surface area contributed by atoms with Gasteiger partial charge >= 0.3 is 13.2 Å². The van der Waals surface area contributed by atoms with E-state index in [1.54, 1.807) is 4.90 Å². The fourth-order valence-electron chi connectivity index (χ4n) is 3.16. The Labute approximate surface area is 174 Å². The average Bonchev–Trinajstić information content (AvgIpc) is 2.73. The van der Waals surface area contributed by atoms with E-state index < -0.39 is 12.7 Å². The molecule has 7 heteroatoms. The summed E-state index contributed by atoms with van der Waals surface area (Å²) in [5.41, 5.74) is 0.688. The van der Waals surface area contributed by atoms with Gasteiger partial charge in [0.15, 0.2) is 0 Å². The minimum atomic E-state index is -0.527. The molecule has 0 unspecified atom stereocenters. The zero-order chi connectivity index (χ0) is 21.4. The van der Waals surface area contributed by atoms with E-state index in [9.17, 15) is 4.79 Å². The molecule has 0 spiro atoms. The van der Waals surface area contributed by atoms with Crippen LogP contribution in [0.25, 0.3) is 6.08 Å². The maximum Gasteiger partial charge on any atom is 0.487 e. The quantitative estimate of drug-likeness (QED) is 0.685. The van der Waals surface area contributed by atoms with Gasteiger partial charge in [-0.15, -0.1) is 0 Å². The molecule has 2 aliphatic rings. The van der Waals surface area contributed by atoms with E-state index in [1.165, 1.54) is 0 Å². The van der Waals surface area contributed by atoms with Gasteiger partial charge in [0.05, 0.1) is 24.3 Å². The van der Waals surface area contributed by atoms with Crippen molar-refractivity contribution in [1.29, 1.82) is 0 Å². The third-order valence-electron chi connectivity index (χ3n) is 5.43. The summed E-state index contributed by atoms with van der Waals surface area (Å²) in [5, 5.41) is 0. The summed E-state index contributed by atoms with van der Waals surface area (Å²) < 4.78 is 23.4. The second kappa shape index (κ2) is 7.69. The zero-order valence-electron chi connectivity index (χ0n) is 18.6. The molecule has 0 aromatic heterocycles. The molecule has 2 heterocycles. The van der Waals surface area contributed by atoms with E-state index in [4.69, 9.17) is 18.8 Å². The highest BCUT2D eigenvalue weighted by Crippen LogP contribution is 2.37. The predicted molar refractivity (Wildman–Crippen MR) is 114 cm³/mol. The molecule has 0 N–H and O–H groups in total. The van der Waals surface area contributed by atoms with Gasteiger partial charge in [0.1, 0.15) is 18.0 Å². The first-order valence-electron chi connectivity index (χ1n) is 10.1. The minimum absolute atomic E-state index is 0.327. The second-order valence-corrected chi connectivity index (χ2v) is 9.60. The SMILES string of the molecule is CC(C)(C)OC(=O)N1CCOc2ccc(C=CB3OC(C)(C)C(C)(C)O3)cc2C1. The molecule has 3 rings (SSSR count). The summed E-state index contributed by atoms with van der Waals surface area (Å²) in [6.07, 6.45) is 1.65. The maximum atomic E-state index is 12.5. The van der Waals surface area contributed by atoms with Crippen LogP contribution in [0.2, 0.25) is 0 Å². The van der Waals surface area contributed by atoms with E-state index in [1.807, 2.05) is 78.7 Å². The molecule has 0 atom stereocenters. The Balaban J connectivity index is 1.73. The second-order valence-electron chi connectivity index (χ2n) is 9.60. The van der Waals surface area contributed by atoms with Crippen molar-refractivity contribution in [1.82, 2.24) is 4.90 Å². The number of benzene rings is 1. The van der Waals surface area contributed by atoms with Crippen LogP contribution in [-0.4, -0.2) is 48.1 Å². The number of ether oxygens (including phenoxy) is 2. The van der Waals surface area contributed by atoms with Crippen molar-refractivity contribution in [2.24, 2.45) is 0 Å². The first kappa shape index (κ1) is 21.7. The lowest BCUT2D eigenvalue weighted by Gasteiger charge is -2.32. The molecule has 0 aliphatic carbocycles. The first-order chi connectivity index (χ1) is 13.4. The number of hydrogen-bond donors (Lipinski definition) is 0. The van der Waals surface area contributed by atoms with Gasteiger partial charge in [0, 0.05) is 5.56 Å². The van der Waals surface area contributed by atoms with Crippen molar-refractivity contribution >= 4 is 19.3 Å². The van der Waals surface area contributed by atoms with E-state index in [2.05, 4.69) is 0 Å². The van der Waals surface area contributed by atoms with E-state index in [0.717, 1.165) is 16.9 Å². The van der Waals surface area contributed by atoms with Gasteiger partial charge in [-0.25, -0.2) is 4.79 Å². The summed E-state index contributed by atoms with van der Waals surface area (Å²) in [4.78, 5) is 14.2. The van der Waals surface area contributed by atoms with Gasteiger partial charge in [0.2, 0.25) is 0 Å². The highest BCUT2D eigenvalue weighted by molar-refractivity contribution is 6.52. The molecule has 0 radical (unpaired) electrons. The van der Waals surface area contributed by atoms with Crippen LogP contribution in [0.3, 0.4) is 0 Å². The van der Waals surface area contributed by atoms with Crippen LogP contribution in [0.1, 0.15) is 59.6 Å². The van der Waals surface area contributed by atoms with Crippen molar-refractivity contribution in [2.75, 3.05) is 13.2 Å². The number of hydrogen-bond acceptors (Lipinski definition) is 5. The standard InChI is InChI=1S/C22H32BNO5/c1-20(2,3)27-19(25)24-12-13-26-18-9-8-16(14-17(18)15-24)10-11-23-28-21(4,5)22(6,7)29-23/h8-11,14H,12-13,15H2,1-7H3. The lowest BCUT2D eigenvalue weighted by Crippen LogP contribution is -2.41. The third kappa shape index (κ3) is 5.14. The Hall–Kier alpha value is -1.99. The number of nitrogens with zero attached hydrogens (tertiary/aromatic N) is 1. The van der Waals surface area contributed by atoms with Crippen molar-refractivity contribution in [3.05, 3.63) is 35.3 Å². The average molecular weight is 401 g/mol. The highest BCUT2D eigenvalue weighted by atomic mass is 16.7. The third-order valence-corrected chi connectivity index (χ3v) is 5.43. The molecule has 1 saturated heterocycles. The van der Waals surface area contributed by atoms with Crippen LogP contribution < -0.4 is 4.74 Å². The fraction of sp³-hybridized carbons (Fsp3) is 0.591. The Morgan fingerprint density at radius 3 is 2.45 bits per heavy atom. The number of carbonyl (C=O) groups is 1. The zero-order valence-corrected chi connectivity index (χ0v) is 18.6. The molecule has 158 valence electrons. The normalized spacial score (nSPS) is 20.9. The molecule has 1 aromatic rings. The smallest absolute Gasteiger partial charge is 0.487 e. The number of amides is 1. The molecular weight excluding hydrogens is 369 g/mol. The van der Waals surface area contributed by atoms with Crippen molar-refractivity contribution in [3.63, 3.8) is 0 Å². The van der Waals surface area contributed by atoms with Crippen LogP contribution >= 0.6 is 0 Å². The Bertz CT molecular complexity index is 781. The predicted octanol–water partition coefficient (Wildman–Crippen LogP) is 4.46. The molecular formula is C22H32BNO5. The largest absolute Gasteiger partial charge is 0.491 e. The number of rotatable bonds is 2. The Kier molecular flexibility index (Phi) is 5.76. The van der Waals surface area contributed by atoms with Gasteiger partial charge < -0.3 is 23.7 Å². The Morgan fingerprint density at radius 2 is 1.83 bits per heavy atom. The molecule has 2 aliphatic heterocycles.